The third kappa shape index (κ3) is 4.73. The molecular formula is C30H31N5O2. The molecule has 1 unspecified atom stereocenters. The molecule has 3 N–H and O–H groups in total. The van der Waals surface area contributed by atoms with Crippen molar-refractivity contribution >= 4 is 34.4 Å². The smallest absolute Gasteiger partial charge is 0.256 e. The molecule has 2 bridgehead atoms. The normalized spacial score (nSPS) is 22.9. The van der Waals surface area contributed by atoms with E-state index in [0.29, 0.717) is 29.0 Å². The van der Waals surface area contributed by atoms with Crippen molar-refractivity contribution in [2.75, 3.05) is 10.6 Å². The van der Waals surface area contributed by atoms with E-state index in [1.807, 2.05) is 36.4 Å². The lowest BCUT2D eigenvalue weighted by Gasteiger charge is -2.46. The zero-order chi connectivity index (χ0) is 25.4. The van der Waals surface area contributed by atoms with E-state index >= 15 is 0 Å². The van der Waals surface area contributed by atoms with Gasteiger partial charge in [-0.15, -0.1) is 0 Å². The number of hydrogen-bond acceptors (Lipinski definition) is 4. The number of fused-ring (bicyclic) bond motifs is 3. The predicted molar refractivity (Wildman–Crippen MR) is 145 cm³/mol. The summed E-state index contributed by atoms with van der Waals surface area (Å²) in [4.78, 5) is 38.1. The van der Waals surface area contributed by atoms with Crippen molar-refractivity contribution < 1.29 is 9.59 Å². The molecule has 3 atom stereocenters. The predicted octanol–water partition coefficient (Wildman–Crippen LogP) is 6.42. The van der Waals surface area contributed by atoms with Crippen LogP contribution >= 0.6 is 0 Å². The first-order valence-electron chi connectivity index (χ1n) is 13.1. The summed E-state index contributed by atoms with van der Waals surface area (Å²) < 4.78 is 0. The molecule has 2 saturated carbocycles. The molecule has 0 spiro atoms. The molecule has 2 amide bonds. The Morgan fingerprint density at radius 2 is 1.89 bits per heavy atom. The molecule has 2 aromatic carbocycles. The van der Waals surface area contributed by atoms with E-state index in [9.17, 15) is 9.59 Å². The van der Waals surface area contributed by atoms with Crippen LogP contribution in [0.5, 0.6) is 0 Å². The molecule has 2 aliphatic carbocycles. The summed E-state index contributed by atoms with van der Waals surface area (Å²) in [6.45, 7) is 2.29. The van der Waals surface area contributed by atoms with Crippen LogP contribution in [0.3, 0.4) is 0 Å². The number of pyridine rings is 1. The largest absolute Gasteiger partial charge is 0.338 e. The first-order chi connectivity index (χ1) is 18.0. The summed E-state index contributed by atoms with van der Waals surface area (Å²) in [7, 11) is 0. The van der Waals surface area contributed by atoms with Gasteiger partial charge in [0.05, 0.1) is 16.4 Å². The second kappa shape index (κ2) is 9.47. The first kappa shape index (κ1) is 23.4. The summed E-state index contributed by atoms with van der Waals surface area (Å²) in [5.41, 5.74) is 3.59. The molecule has 2 aromatic heterocycles. The summed E-state index contributed by atoms with van der Waals surface area (Å²) in [6.07, 6.45) is 8.34. The molecule has 0 aliphatic heterocycles. The fraction of sp³-hybridized carbons (Fsp3) is 0.333. The molecule has 0 radical (unpaired) electrons. The van der Waals surface area contributed by atoms with E-state index in [1.165, 1.54) is 12.8 Å². The van der Waals surface area contributed by atoms with Gasteiger partial charge in [-0.3, -0.25) is 9.59 Å². The number of aromatic amines is 1. The number of hydrogen-bond donors (Lipinski definition) is 3. The van der Waals surface area contributed by atoms with Crippen LogP contribution in [0.2, 0.25) is 0 Å². The highest BCUT2D eigenvalue weighted by atomic mass is 16.2. The monoisotopic (exact) mass is 493 g/mol. The number of carbonyl (C=O) groups excluding carboxylic acids is 2. The Morgan fingerprint density at radius 3 is 2.70 bits per heavy atom. The standard InChI is InChI=1S/C30H31N5O2/c1-19-15-20-5-4-13-30(17-19,18-20)29(37)32-23-10-7-21(8-11-23)27-33-24-12-9-22(16-25(24)34-27)28(36)35-26-6-2-3-14-31-26/h2-3,6-12,14,16,19-20H,4-5,13,15,17-18H2,1H3,(H,32,37)(H,33,34)(H,31,35,36)/t19-,20+,30?/m1/s1. The SMILES string of the molecule is C[C@@H]1C[C@@H]2CCCC(C(=O)Nc3ccc(-c4nc5ccc(C(=O)Nc6ccccn6)cc5[nH]4)cc3)(C1)C2. The summed E-state index contributed by atoms with van der Waals surface area (Å²) in [5.74, 6) is 2.47. The quantitative estimate of drug-likeness (QED) is 0.299. The summed E-state index contributed by atoms with van der Waals surface area (Å²) in [6, 6.07) is 18.6. The van der Waals surface area contributed by atoms with Crippen LogP contribution in [0.15, 0.2) is 66.9 Å². The highest BCUT2D eigenvalue weighted by Crippen LogP contribution is 2.51. The summed E-state index contributed by atoms with van der Waals surface area (Å²) >= 11 is 0. The number of benzene rings is 2. The minimum atomic E-state index is -0.229. The highest BCUT2D eigenvalue weighted by Gasteiger charge is 2.46. The molecule has 7 nitrogen and oxygen atoms in total. The molecule has 2 aliphatic rings. The number of nitrogens with zero attached hydrogens (tertiary/aromatic N) is 2. The van der Waals surface area contributed by atoms with E-state index < -0.39 is 0 Å². The number of amides is 2. The van der Waals surface area contributed by atoms with E-state index in [0.717, 1.165) is 48.0 Å². The minimum absolute atomic E-state index is 0.178. The Labute approximate surface area is 216 Å². The number of nitrogens with one attached hydrogen (secondary N) is 3. The van der Waals surface area contributed by atoms with Crippen molar-refractivity contribution in [2.45, 2.75) is 45.4 Å². The van der Waals surface area contributed by atoms with Crippen molar-refractivity contribution in [3.8, 4) is 11.4 Å². The van der Waals surface area contributed by atoms with Crippen LogP contribution in [-0.4, -0.2) is 26.8 Å². The average molecular weight is 494 g/mol. The molecule has 4 aromatic rings. The van der Waals surface area contributed by atoms with Gasteiger partial charge < -0.3 is 15.6 Å². The maximum atomic E-state index is 13.4. The van der Waals surface area contributed by atoms with E-state index in [-0.39, 0.29) is 17.2 Å². The second-order valence-corrected chi connectivity index (χ2v) is 10.8. The van der Waals surface area contributed by atoms with Gasteiger partial charge in [-0.05, 0) is 92.1 Å². The Hall–Kier alpha value is -4.00. The van der Waals surface area contributed by atoms with Crippen LogP contribution in [0, 0.1) is 17.3 Å². The van der Waals surface area contributed by atoms with Gasteiger partial charge in [0, 0.05) is 23.0 Å². The molecular weight excluding hydrogens is 462 g/mol. The van der Waals surface area contributed by atoms with Crippen molar-refractivity contribution in [3.05, 3.63) is 72.4 Å². The second-order valence-electron chi connectivity index (χ2n) is 10.8. The van der Waals surface area contributed by atoms with Crippen LogP contribution in [0.4, 0.5) is 11.5 Å². The van der Waals surface area contributed by atoms with Gasteiger partial charge >= 0.3 is 0 Å². The van der Waals surface area contributed by atoms with E-state index in [2.05, 4.69) is 27.5 Å². The Morgan fingerprint density at radius 1 is 1.03 bits per heavy atom. The third-order valence-corrected chi connectivity index (χ3v) is 7.97. The number of rotatable bonds is 5. The Bertz CT molecular complexity index is 1440. The minimum Gasteiger partial charge on any atom is -0.338 e. The number of H-pyrrole nitrogens is 1. The van der Waals surface area contributed by atoms with Crippen LogP contribution in [0.25, 0.3) is 22.4 Å². The fourth-order valence-electron chi connectivity index (χ4n) is 6.38. The molecule has 2 heterocycles. The molecule has 188 valence electrons. The lowest BCUT2D eigenvalue weighted by Crippen LogP contribution is -2.45. The lowest BCUT2D eigenvalue weighted by molar-refractivity contribution is -0.132. The average Bonchev–Trinajstić information content (AvgIpc) is 3.33. The number of carbonyl (C=O) groups is 2. The number of aromatic nitrogens is 3. The van der Waals surface area contributed by atoms with Gasteiger partial charge in [0.2, 0.25) is 5.91 Å². The van der Waals surface area contributed by atoms with Gasteiger partial charge in [-0.2, -0.15) is 0 Å². The summed E-state index contributed by atoms with van der Waals surface area (Å²) in [5, 5.41) is 6.01. The van der Waals surface area contributed by atoms with Gasteiger partial charge in [0.15, 0.2) is 0 Å². The zero-order valence-electron chi connectivity index (χ0n) is 21.0. The topological polar surface area (TPSA) is 99.8 Å². The van der Waals surface area contributed by atoms with Gasteiger partial charge in [-0.1, -0.05) is 25.8 Å². The third-order valence-electron chi connectivity index (χ3n) is 7.97. The van der Waals surface area contributed by atoms with Gasteiger partial charge in [0.1, 0.15) is 11.6 Å². The van der Waals surface area contributed by atoms with E-state index in [4.69, 9.17) is 4.98 Å². The van der Waals surface area contributed by atoms with Crippen molar-refractivity contribution in [2.24, 2.45) is 17.3 Å². The molecule has 2 fully saturated rings. The van der Waals surface area contributed by atoms with Crippen LogP contribution in [-0.2, 0) is 4.79 Å². The van der Waals surface area contributed by atoms with Crippen LogP contribution in [0.1, 0.15) is 55.8 Å². The molecule has 37 heavy (non-hydrogen) atoms. The Kier molecular flexibility index (Phi) is 5.99. The number of imidazole rings is 1. The first-order valence-corrected chi connectivity index (χ1v) is 13.1. The zero-order valence-corrected chi connectivity index (χ0v) is 21.0. The maximum Gasteiger partial charge on any atom is 0.256 e. The molecule has 7 heteroatoms. The number of anilines is 2. The van der Waals surface area contributed by atoms with Crippen molar-refractivity contribution in [1.29, 1.82) is 0 Å². The van der Waals surface area contributed by atoms with E-state index in [1.54, 1.807) is 30.5 Å². The maximum absolute atomic E-state index is 13.4. The fourth-order valence-corrected chi connectivity index (χ4v) is 6.38. The highest BCUT2D eigenvalue weighted by molar-refractivity contribution is 6.05. The molecule has 0 saturated heterocycles. The van der Waals surface area contributed by atoms with Crippen molar-refractivity contribution in [1.82, 2.24) is 15.0 Å². The van der Waals surface area contributed by atoms with Crippen molar-refractivity contribution in [3.63, 3.8) is 0 Å². The van der Waals surface area contributed by atoms with Gasteiger partial charge in [-0.25, -0.2) is 9.97 Å². The molecule has 6 rings (SSSR count). The lowest BCUT2D eigenvalue weighted by atomic mass is 9.59. The van der Waals surface area contributed by atoms with Crippen LogP contribution < -0.4 is 10.6 Å². The van der Waals surface area contributed by atoms with Gasteiger partial charge in [0.25, 0.3) is 5.91 Å². The Balaban J connectivity index is 1.16.